The molecule has 0 aromatic rings. The third-order valence-electron chi connectivity index (χ3n) is 5.93. The number of aliphatic imine (C=N–C) groups is 1. The van der Waals surface area contributed by atoms with E-state index in [0.717, 1.165) is 19.3 Å². The van der Waals surface area contributed by atoms with Crippen LogP contribution in [-0.2, 0) is 14.4 Å². The van der Waals surface area contributed by atoms with Crippen LogP contribution in [0.1, 0.15) is 117 Å². The van der Waals surface area contributed by atoms with Crippen LogP contribution in [0.5, 0.6) is 0 Å². The number of carbonyl (C=O) groups excluding carboxylic acids is 2. The fraction of sp³-hybridized carbons (Fsp3) is 0.846. The summed E-state index contributed by atoms with van der Waals surface area (Å²) < 4.78 is 0. The van der Waals surface area contributed by atoms with Crippen LogP contribution in [0, 0.1) is 5.92 Å². The Bertz CT molecular complexity index is 621. The lowest BCUT2D eigenvalue weighted by atomic mass is 10.0. The molecule has 0 heterocycles. The van der Waals surface area contributed by atoms with Crippen molar-refractivity contribution in [2.24, 2.45) is 22.4 Å². The molecule has 2 amide bonds. The van der Waals surface area contributed by atoms with Gasteiger partial charge in [0, 0.05) is 13.0 Å². The molecule has 0 aliphatic carbocycles. The fourth-order valence-electron chi connectivity index (χ4n) is 3.95. The van der Waals surface area contributed by atoms with Crippen molar-refractivity contribution in [2.75, 3.05) is 6.54 Å². The number of nitrogens with zero attached hydrogens (tertiary/aromatic N) is 1. The molecule has 0 rings (SSSR count). The summed E-state index contributed by atoms with van der Waals surface area (Å²) in [5.41, 5.74) is 10.5. The van der Waals surface area contributed by atoms with Crippen molar-refractivity contribution in [3.63, 3.8) is 0 Å². The highest BCUT2D eigenvalue weighted by atomic mass is 16.4. The number of nitrogens with one attached hydrogen (secondary N) is 2. The molecule has 0 aromatic carbocycles. The van der Waals surface area contributed by atoms with E-state index in [9.17, 15) is 19.5 Å². The Labute approximate surface area is 212 Å². The van der Waals surface area contributed by atoms with Gasteiger partial charge in [-0.25, -0.2) is 4.79 Å². The summed E-state index contributed by atoms with van der Waals surface area (Å²) in [6, 6.07) is -1.82. The third kappa shape index (κ3) is 19.7. The minimum atomic E-state index is -1.13. The van der Waals surface area contributed by atoms with Gasteiger partial charge in [-0.3, -0.25) is 14.6 Å². The monoisotopic (exact) mass is 497 g/mol. The van der Waals surface area contributed by atoms with Gasteiger partial charge < -0.3 is 27.2 Å². The summed E-state index contributed by atoms with van der Waals surface area (Å²) in [6.45, 7) is 6.43. The Morgan fingerprint density at radius 2 is 1.34 bits per heavy atom. The van der Waals surface area contributed by atoms with Gasteiger partial charge in [-0.05, 0) is 31.6 Å². The van der Waals surface area contributed by atoms with E-state index in [2.05, 4.69) is 22.5 Å². The van der Waals surface area contributed by atoms with Crippen LogP contribution in [0.3, 0.4) is 0 Å². The molecule has 0 saturated heterocycles. The minimum absolute atomic E-state index is 0.0570. The average Bonchev–Trinajstić information content (AvgIpc) is 2.78. The lowest BCUT2D eigenvalue weighted by Crippen LogP contribution is -2.52. The zero-order valence-corrected chi connectivity index (χ0v) is 22.3. The number of hydrogen-bond donors (Lipinski definition) is 5. The minimum Gasteiger partial charge on any atom is -0.480 e. The predicted octanol–water partition coefficient (Wildman–Crippen LogP) is 3.84. The number of carbonyl (C=O) groups is 3. The molecule has 0 fully saturated rings. The zero-order valence-electron chi connectivity index (χ0n) is 22.3. The number of rotatable bonds is 22. The normalized spacial score (nSPS) is 12.7. The maximum Gasteiger partial charge on any atom is 0.326 e. The molecular formula is C26H51N5O4. The van der Waals surface area contributed by atoms with Crippen molar-refractivity contribution in [3.8, 4) is 0 Å². The van der Waals surface area contributed by atoms with E-state index in [1.54, 1.807) is 0 Å². The predicted molar refractivity (Wildman–Crippen MR) is 142 cm³/mol. The molecule has 35 heavy (non-hydrogen) atoms. The van der Waals surface area contributed by atoms with Crippen molar-refractivity contribution in [1.29, 1.82) is 0 Å². The van der Waals surface area contributed by atoms with Crippen LogP contribution in [0.4, 0.5) is 0 Å². The van der Waals surface area contributed by atoms with E-state index in [-0.39, 0.29) is 30.8 Å². The molecule has 7 N–H and O–H groups in total. The largest absolute Gasteiger partial charge is 0.480 e. The van der Waals surface area contributed by atoms with Gasteiger partial charge in [-0.15, -0.1) is 0 Å². The van der Waals surface area contributed by atoms with Gasteiger partial charge in [0.05, 0.1) is 0 Å². The molecule has 0 saturated carbocycles. The Kier molecular flexibility index (Phi) is 19.6. The van der Waals surface area contributed by atoms with Crippen molar-refractivity contribution in [3.05, 3.63) is 0 Å². The molecular weight excluding hydrogens is 446 g/mol. The number of hydrogen-bond acceptors (Lipinski definition) is 4. The van der Waals surface area contributed by atoms with Crippen molar-refractivity contribution in [1.82, 2.24) is 10.6 Å². The zero-order chi connectivity index (χ0) is 26.5. The van der Waals surface area contributed by atoms with Crippen LogP contribution in [0.2, 0.25) is 0 Å². The number of carboxylic acids is 1. The van der Waals surface area contributed by atoms with E-state index in [0.29, 0.717) is 19.3 Å². The lowest BCUT2D eigenvalue weighted by molar-refractivity contribution is -0.142. The highest BCUT2D eigenvalue weighted by Crippen LogP contribution is 2.12. The van der Waals surface area contributed by atoms with Crippen LogP contribution < -0.4 is 22.1 Å². The van der Waals surface area contributed by atoms with Gasteiger partial charge in [0.15, 0.2) is 5.96 Å². The third-order valence-corrected chi connectivity index (χ3v) is 5.93. The Morgan fingerprint density at radius 1 is 0.800 bits per heavy atom. The molecule has 9 heteroatoms. The molecule has 0 spiro atoms. The summed E-state index contributed by atoms with van der Waals surface area (Å²) in [4.78, 5) is 40.6. The molecule has 2 atom stereocenters. The van der Waals surface area contributed by atoms with Crippen molar-refractivity contribution in [2.45, 2.75) is 129 Å². The summed E-state index contributed by atoms with van der Waals surface area (Å²) >= 11 is 0. The van der Waals surface area contributed by atoms with Gasteiger partial charge >= 0.3 is 5.97 Å². The lowest BCUT2D eigenvalue weighted by Gasteiger charge is -2.22. The van der Waals surface area contributed by atoms with E-state index < -0.39 is 24.0 Å². The Balaban J connectivity index is 4.36. The van der Waals surface area contributed by atoms with Crippen molar-refractivity contribution < 1.29 is 19.5 Å². The number of guanidine groups is 1. The topological polar surface area (TPSA) is 160 Å². The number of carboxylic acid groups (broad SMARTS) is 1. The summed E-state index contributed by atoms with van der Waals surface area (Å²) in [5.74, 6) is -1.66. The Hall–Kier alpha value is -2.32. The van der Waals surface area contributed by atoms with Crippen LogP contribution in [0.25, 0.3) is 0 Å². The maximum atomic E-state index is 12.8. The SMILES string of the molecule is CCCCCCCCCCCCCC(=O)N[C@@H](CC(C)C)C(=O)N[C@@H](CCCN=C(N)N)C(=O)O. The molecule has 0 aliphatic rings. The second kappa shape index (κ2) is 21.0. The summed E-state index contributed by atoms with van der Waals surface area (Å²) in [5, 5.41) is 14.8. The highest BCUT2D eigenvalue weighted by Gasteiger charge is 2.26. The molecule has 0 aromatic heterocycles. The van der Waals surface area contributed by atoms with Gasteiger partial charge in [0.1, 0.15) is 12.1 Å². The van der Waals surface area contributed by atoms with Gasteiger partial charge in [-0.1, -0.05) is 85.0 Å². The first-order valence-electron chi connectivity index (χ1n) is 13.5. The molecule has 204 valence electrons. The van der Waals surface area contributed by atoms with Gasteiger partial charge in [-0.2, -0.15) is 0 Å². The van der Waals surface area contributed by atoms with Crippen LogP contribution >= 0.6 is 0 Å². The smallest absolute Gasteiger partial charge is 0.326 e. The first-order chi connectivity index (χ1) is 16.7. The second-order valence-corrected chi connectivity index (χ2v) is 9.88. The van der Waals surface area contributed by atoms with Gasteiger partial charge in [0.25, 0.3) is 0 Å². The van der Waals surface area contributed by atoms with E-state index in [1.165, 1.54) is 51.4 Å². The molecule has 0 unspecified atom stereocenters. The fourth-order valence-corrected chi connectivity index (χ4v) is 3.95. The summed E-state index contributed by atoms with van der Waals surface area (Å²) in [7, 11) is 0. The molecule has 0 bridgehead atoms. The first-order valence-corrected chi connectivity index (χ1v) is 13.5. The van der Waals surface area contributed by atoms with E-state index in [4.69, 9.17) is 11.5 Å². The van der Waals surface area contributed by atoms with Crippen molar-refractivity contribution >= 4 is 23.7 Å². The van der Waals surface area contributed by atoms with Gasteiger partial charge in [0.2, 0.25) is 11.8 Å². The molecule has 0 radical (unpaired) electrons. The summed E-state index contributed by atoms with van der Waals surface area (Å²) in [6.07, 6.45) is 14.7. The first kappa shape index (κ1) is 32.7. The standard InChI is InChI=1S/C26H51N5O4/c1-4-5-6-7-8-9-10-11-12-13-14-17-23(32)30-22(19-20(2)3)24(33)31-21(25(34)35)16-15-18-29-26(27)28/h20-22H,4-19H2,1-3H3,(H,30,32)(H,31,33)(H,34,35)(H4,27,28,29)/t21-,22-/m0/s1. The molecule has 0 aliphatic heterocycles. The average molecular weight is 498 g/mol. The maximum absolute atomic E-state index is 12.8. The van der Waals surface area contributed by atoms with Crippen LogP contribution in [-0.4, -0.2) is 47.5 Å². The highest BCUT2D eigenvalue weighted by molar-refractivity contribution is 5.90. The quantitative estimate of drug-likeness (QED) is 0.0867. The second-order valence-electron chi connectivity index (χ2n) is 9.88. The Morgan fingerprint density at radius 3 is 1.83 bits per heavy atom. The number of unbranched alkanes of at least 4 members (excludes halogenated alkanes) is 10. The number of nitrogens with two attached hydrogens (primary N) is 2. The van der Waals surface area contributed by atoms with E-state index in [1.807, 2.05) is 13.8 Å². The molecule has 9 nitrogen and oxygen atoms in total. The number of aliphatic carboxylic acids is 1. The van der Waals surface area contributed by atoms with E-state index >= 15 is 0 Å². The van der Waals surface area contributed by atoms with Crippen LogP contribution in [0.15, 0.2) is 4.99 Å². The number of amides is 2.